The van der Waals surface area contributed by atoms with Crippen molar-refractivity contribution in [2.75, 3.05) is 13.1 Å². The highest BCUT2D eigenvalue weighted by atomic mass is 16.7. The molecule has 1 aliphatic rings. The fraction of sp³-hybridized carbons (Fsp3) is 0.462. The highest BCUT2D eigenvalue weighted by Crippen LogP contribution is 2.08. The van der Waals surface area contributed by atoms with Crippen molar-refractivity contribution in [3.63, 3.8) is 0 Å². The molecule has 17 heavy (non-hydrogen) atoms. The van der Waals surface area contributed by atoms with Gasteiger partial charge in [0.1, 0.15) is 0 Å². The van der Waals surface area contributed by atoms with Crippen LogP contribution in [-0.2, 0) is 11.4 Å². The number of hydrogen-bond donors (Lipinski definition) is 1. The van der Waals surface area contributed by atoms with Crippen molar-refractivity contribution in [3.8, 4) is 0 Å². The average molecular weight is 234 g/mol. The number of nitrogens with one attached hydrogen (secondary N) is 1. The van der Waals surface area contributed by atoms with Crippen LogP contribution in [0.4, 0.5) is 4.79 Å². The van der Waals surface area contributed by atoms with Crippen LogP contribution in [-0.4, -0.2) is 24.0 Å². The maximum atomic E-state index is 11.7. The zero-order chi connectivity index (χ0) is 11.9. The number of rotatable bonds is 3. The van der Waals surface area contributed by atoms with E-state index in [1.807, 2.05) is 30.3 Å². The van der Waals surface area contributed by atoms with E-state index in [9.17, 15) is 4.79 Å². The Morgan fingerprint density at radius 3 is 2.59 bits per heavy atom. The molecule has 0 saturated carbocycles. The molecule has 92 valence electrons. The molecule has 2 rings (SSSR count). The van der Waals surface area contributed by atoms with Crippen molar-refractivity contribution >= 4 is 6.03 Å². The first kappa shape index (κ1) is 11.9. The number of hydroxylamine groups is 1. The lowest BCUT2D eigenvalue weighted by Gasteiger charge is -2.26. The van der Waals surface area contributed by atoms with Crippen LogP contribution in [0.5, 0.6) is 0 Å². The van der Waals surface area contributed by atoms with E-state index >= 15 is 0 Å². The normalized spacial score (nSPS) is 15.6. The summed E-state index contributed by atoms with van der Waals surface area (Å²) in [6.45, 7) is 2.07. The second-order valence-electron chi connectivity index (χ2n) is 4.23. The fourth-order valence-electron chi connectivity index (χ4n) is 1.92. The lowest BCUT2D eigenvalue weighted by molar-refractivity contribution is 0.0346. The molecule has 2 amide bonds. The highest BCUT2D eigenvalue weighted by Gasteiger charge is 2.15. The van der Waals surface area contributed by atoms with Crippen LogP contribution in [0.3, 0.4) is 0 Å². The third-order valence-electron chi connectivity index (χ3n) is 2.88. The molecular formula is C13H18N2O2. The Hall–Kier alpha value is -1.55. The van der Waals surface area contributed by atoms with Crippen molar-refractivity contribution in [2.24, 2.45) is 0 Å². The summed E-state index contributed by atoms with van der Waals surface area (Å²) >= 11 is 0. The molecule has 0 unspecified atom stereocenters. The summed E-state index contributed by atoms with van der Waals surface area (Å²) in [5, 5.41) is 0. The van der Waals surface area contributed by atoms with Gasteiger partial charge in [0.2, 0.25) is 0 Å². The Morgan fingerprint density at radius 2 is 1.88 bits per heavy atom. The van der Waals surface area contributed by atoms with Gasteiger partial charge >= 0.3 is 6.03 Å². The average Bonchev–Trinajstić information content (AvgIpc) is 2.41. The van der Waals surface area contributed by atoms with Gasteiger partial charge < -0.3 is 4.90 Å². The van der Waals surface area contributed by atoms with Crippen molar-refractivity contribution in [2.45, 2.75) is 25.9 Å². The van der Waals surface area contributed by atoms with Crippen molar-refractivity contribution in [1.29, 1.82) is 0 Å². The minimum absolute atomic E-state index is 0.124. The molecule has 1 fully saturated rings. The Bertz CT molecular complexity index is 348. The first-order chi connectivity index (χ1) is 8.36. The number of piperidine rings is 1. The van der Waals surface area contributed by atoms with Gasteiger partial charge in [-0.3, -0.25) is 4.84 Å². The summed E-state index contributed by atoms with van der Waals surface area (Å²) in [4.78, 5) is 18.7. The summed E-state index contributed by atoms with van der Waals surface area (Å²) in [6.07, 6.45) is 3.40. The van der Waals surface area contributed by atoms with E-state index in [-0.39, 0.29) is 6.03 Å². The largest absolute Gasteiger partial charge is 0.341 e. The fourth-order valence-corrected chi connectivity index (χ4v) is 1.92. The number of carbonyl (C=O) groups excluding carboxylic acids is 1. The number of hydrogen-bond acceptors (Lipinski definition) is 2. The molecule has 0 radical (unpaired) electrons. The number of carbonyl (C=O) groups is 1. The number of likely N-dealkylation sites (tertiary alicyclic amines) is 1. The molecule has 1 saturated heterocycles. The monoisotopic (exact) mass is 234 g/mol. The summed E-state index contributed by atoms with van der Waals surface area (Å²) < 4.78 is 0. The van der Waals surface area contributed by atoms with Gasteiger partial charge in [-0.2, -0.15) is 0 Å². The van der Waals surface area contributed by atoms with Gasteiger partial charge in [-0.15, -0.1) is 0 Å². The van der Waals surface area contributed by atoms with Gasteiger partial charge in [0.05, 0.1) is 6.61 Å². The Labute approximate surface area is 102 Å². The van der Waals surface area contributed by atoms with Crippen LogP contribution in [0.25, 0.3) is 0 Å². The molecule has 1 aromatic carbocycles. The van der Waals surface area contributed by atoms with Crippen LogP contribution < -0.4 is 5.48 Å². The van der Waals surface area contributed by atoms with Gasteiger partial charge in [-0.1, -0.05) is 30.3 Å². The van der Waals surface area contributed by atoms with Crippen LogP contribution in [0.15, 0.2) is 30.3 Å². The minimum Gasteiger partial charge on any atom is -0.323 e. The number of benzene rings is 1. The minimum atomic E-state index is -0.124. The maximum absolute atomic E-state index is 11.7. The van der Waals surface area contributed by atoms with Crippen molar-refractivity contribution in [3.05, 3.63) is 35.9 Å². The summed E-state index contributed by atoms with van der Waals surface area (Å²) in [5.41, 5.74) is 3.54. The Morgan fingerprint density at radius 1 is 1.18 bits per heavy atom. The van der Waals surface area contributed by atoms with Gasteiger partial charge in [-0.05, 0) is 24.8 Å². The molecule has 1 aromatic rings. The van der Waals surface area contributed by atoms with Gasteiger partial charge in [0, 0.05) is 13.1 Å². The highest BCUT2D eigenvalue weighted by molar-refractivity contribution is 5.73. The van der Waals surface area contributed by atoms with Crippen molar-refractivity contribution in [1.82, 2.24) is 10.4 Å². The molecular weight excluding hydrogens is 216 g/mol. The summed E-state index contributed by atoms with van der Waals surface area (Å²) in [6, 6.07) is 9.66. The van der Waals surface area contributed by atoms with Gasteiger partial charge in [0.15, 0.2) is 0 Å². The van der Waals surface area contributed by atoms with E-state index in [1.165, 1.54) is 6.42 Å². The van der Waals surface area contributed by atoms with Crippen LogP contribution in [0.2, 0.25) is 0 Å². The van der Waals surface area contributed by atoms with E-state index in [1.54, 1.807) is 4.90 Å². The third-order valence-corrected chi connectivity index (χ3v) is 2.88. The zero-order valence-electron chi connectivity index (χ0n) is 9.89. The molecule has 1 aliphatic heterocycles. The van der Waals surface area contributed by atoms with E-state index in [4.69, 9.17) is 4.84 Å². The second-order valence-corrected chi connectivity index (χ2v) is 4.23. The Kier molecular flexibility index (Phi) is 4.38. The first-order valence-corrected chi connectivity index (χ1v) is 6.07. The Balaban J connectivity index is 1.69. The molecule has 4 heteroatoms. The summed E-state index contributed by atoms with van der Waals surface area (Å²) in [7, 11) is 0. The van der Waals surface area contributed by atoms with E-state index in [0.717, 1.165) is 31.5 Å². The topological polar surface area (TPSA) is 41.6 Å². The number of nitrogens with zero attached hydrogens (tertiary/aromatic N) is 1. The molecule has 1 N–H and O–H groups in total. The van der Waals surface area contributed by atoms with E-state index in [2.05, 4.69) is 5.48 Å². The van der Waals surface area contributed by atoms with Gasteiger partial charge in [-0.25, -0.2) is 10.3 Å². The maximum Gasteiger partial charge on any atom is 0.341 e. The second kappa shape index (κ2) is 6.25. The quantitative estimate of drug-likeness (QED) is 0.815. The van der Waals surface area contributed by atoms with Crippen LogP contribution in [0, 0.1) is 0 Å². The lowest BCUT2D eigenvalue weighted by atomic mass is 10.1. The number of urea groups is 1. The van der Waals surface area contributed by atoms with Crippen molar-refractivity contribution < 1.29 is 9.63 Å². The first-order valence-electron chi connectivity index (χ1n) is 6.07. The lowest BCUT2D eigenvalue weighted by Crippen LogP contribution is -2.42. The molecule has 0 aliphatic carbocycles. The standard InChI is InChI=1S/C13H18N2O2/c16-13(15-9-5-2-6-10-15)14-17-11-12-7-3-1-4-8-12/h1,3-4,7-8H,2,5-6,9-11H2,(H,14,16). The molecule has 0 aromatic heterocycles. The SMILES string of the molecule is O=C(NOCc1ccccc1)N1CCCCC1. The predicted octanol–water partition coefficient (Wildman–Crippen LogP) is 2.31. The molecule has 0 spiro atoms. The zero-order valence-corrected chi connectivity index (χ0v) is 9.89. The smallest absolute Gasteiger partial charge is 0.323 e. The van der Waals surface area contributed by atoms with Crippen LogP contribution in [0.1, 0.15) is 24.8 Å². The van der Waals surface area contributed by atoms with E-state index in [0.29, 0.717) is 6.61 Å². The molecule has 0 bridgehead atoms. The third kappa shape index (κ3) is 3.75. The molecule has 1 heterocycles. The van der Waals surface area contributed by atoms with E-state index < -0.39 is 0 Å². The molecule has 0 atom stereocenters. The number of amides is 2. The van der Waals surface area contributed by atoms with Crippen LogP contribution >= 0.6 is 0 Å². The predicted molar refractivity (Wildman–Crippen MR) is 65.2 cm³/mol. The molecule has 4 nitrogen and oxygen atoms in total. The van der Waals surface area contributed by atoms with Gasteiger partial charge in [0.25, 0.3) is 0 Å². The summed E-state index contributed by atoms with van der Waals surface area (Å²) in [5.74, 6) is 0.